The number of para-hydroxylation sites is 1. The number of primary amides is 1. The molecule has 7 nitrogen and oxygen atoms in total. The number of aliphatic carboxylic acids is 1. The molecule has 130 valence electrons. The Morgan fingerprint density at radius 1 is 1.17 bits per heavy atom. The second kappa shape index (κ2) is 7.81. The van der Waals surface area contributed by atoms with Crippen molar-refractivity contribution in [2.75, 3.05) is 13.2 Å². The number of carboxylic acid groups (broad SMARTS) is 1. The first-order chi connectivity index (χ1) is 11.4. The van der Waals surface area contributed by atoms with Gasteiger partial charge in [0.25, 0.3) is 11.8 Å². The molecule has 7 heteroatoms. The summed E-state index contributed by atoms with van der Waals surface area (Å²) in [5, 5.41) is 12.2. The van der Waals surface area contributed by atoms with E-state index < -0.39 is 23.2 Å². The van der Waals surface area contributed by atoms with E-state index in [2.05, 4.69) is 5.32 Å². The van der Waals surface area contributed by atoms with Crippen LogP contribution in [0.1, 0.15) is 42.5 Å². The first-order valence-corrected chi connectivity index (χ1v) is 7.96. The SMILES string of the molecule is NC(=O)COc1ccccc1C(=O)NCC1(C(=O)O)CCCCC1. The normalized spacial score (nSPS) is 16.2. The first kappa shape index (κ1) is 17.8. The second-order valence-corrected chi connectivity index (χ2v) is 6.08. The van der Waals surface area contributed by atoms with Crippen molar-refractivity contribution in [1.82, 2.24) is 5.32 Å². The van der Waals surface area contributed by atoms with Crippen LogP contribution in [0.4, 0.5) is 0 Å². The second-order valence-electron chi connectivity index (χ2n) is 6.08. The number of carboxylic acids is 1. The maximum absolute atomic E-state index is 12.4. The molecule has 0 aromatic heterocycles. The lowest BCUT2D eigenvalue weighted by Gasteiger charge is -2.33. The number of ether oxygens (including phenoxy) is 1. The van der Waals surface area contributed by atoms with Crippen molar-refractivity contribution < 1.29 is 24.2 Å². The number of amides is 2. The minimum absolute atomic E-state index is 0.0747. The van der Waals surface area contributed by atoms with Crippen molar-refractivity contribution in [3.8, 4) is 5.75 Å². The van der Waals surface area contributed by atoms with E-state index in [-0.39, 0.29) is 24.5 Å². The molecule has 0 bridgehead atoms. The maximum Gasteiger partial charge on any atom is 0.311 e. The summed E-state index contributed by atoms with van der Waals surface area (Å²) in [5.74, 6) is -1.71. The lowest BCUT2D eigenvalue weighted by Crippen LogP contribution is -2.44. The van der Waals surface area contributed by atoms with Crippen molar-refractivity contribution in [3.05, 3.63) is 29.8 Å². The molecule has 24 heavy (non-hydrogen) atoms. The highest BCUT2D eigenvalue weighted by Gasteiger charge is 2.39. The van der Waals surface area contributed by atoms with Gasteiger partial charge in [-0.3, -0.25) is 14.4 Å². The van der Waals surface area contributed by atoms with Gasteiger partial charge in [0.2, 0.25) is 0 Å². The highest BCUT2D eigenvalue weighted by molar-refractivity contribution is 5.97. The van der Waals surface area contributed by atoms with E-state index >= 15 is 0 Å². The number of nitrogens with two attached hydrogens (primary N) is 1. The average molecular weight is 334 g/mol. The number of nitrogens with one attached hydrogen (secondary N) is 1. The van der Waals surface area contributed by atoms with Crippen molar-refractivity contribution in [3.63, 3.8) is 0 Å². The molecule has 1 fully saturated rings. The molecule has 1 aromatic rings. The fourth-order valence-electron chi connectivity index (χ4n) is 2.97. The number of benzene rings is 1. The summed E-state index contributed by atoms with van der Waals surface area (Å²) in [4.78, 5) is 34.9. The Bertz CT molecular complexity index is 623. The van der Waals surface area contributed by atoms with Crippen molar-refractivity contribution in [2.24, 2.45) is 11.1 Å². The summed E-state index contributed by atoms with van der Waals surface area (Å²) < 4.78 is 5.23. The van der Waals surface area contributed by atoms with Crippen LogP contribution in [0, 0.1) is 5.41 Å². The molecule has 0 spiro atoms. The van der Waals surface area contributed by atoms with Crippen LogP contribution < -0.4 is 15.8 Å². The van der Waals surface area contributed by atoms with Gasteiger partial charge in [0, 0.05) is 6.54 Å². The van der Waals surface area contributed by atoms with Crippen LogP contribution in [0.3, 0.4) is 0 Å². The van der Waals surface area contributed by atoms with Gasteiger partial charge in [-0.15, -0.1) is 0 Å². The minimum atomic E-state index is -0.906. The predicted octanol–water partition coefficient (Wildman–Crippen LogP) is 1.32. The third-order valence-electron chi connectivity index (χ3n) is 4.35. The van der Waals surface area contributed by atoms with Gasteiger partial charge in [0.15, 0.2) is 6.61 Å². The van der Waals surface area contributed by atoms with Crippen molar-refractivity contribution in [2.45, 2.75) is 32.1 Å². The quantitative estimate of drug-likeness (QED) is 0.695. The monoisotopic (exact) mass is 334 g/mol. The van der Waals surface area contributed by atoms with Gasteiger partial charge in [-0.2, -0.15) is 0 Å². The van der Waals surface area contributed by atoms with E-state index in [9.17, 15) is 19.5 Å². The molecule has 0 heterocycles. The molecular formula is C17H22N2O5. The fraction of sp³-hybridized carbons (Fsp3) is 0.471. The van der Waals surface area contributed by atoms with Crippen molar-refractivity contribution >= 4 is 17.8 Å². The standard InChI is InChI=1S/C17H22N2O5/c18-14(20)10-24-13-7-3-2-6-12(13)15(21)19-11-17(16(22)23)8-4-1-5-9-17/h2-3,6-7H,1,4-5,8-11H2,(H2,18,20)(H,19,21)(H,22,23). The summed E-state index contributed by atoms with van der Waals surface area (Å²) in [6, 6.07) is 6.46. The smallest absolute Gasteiger partial charge is 0.311 e. The van der Waals surface area contributed by atoms with Crippen LogP contribution in [0.25, 0.3) is 0 Å². The number of carbonyl (C=O) groups excluding carboxylic acids is 2. The van der Waals surface area contributed by atoms with E-state index in [0.29, 0.717) is 12.8 Å². The third kappa shape index (κ3) is 4.24. The molecule has 0 atom stereocenters. The lowest BCUT2D eigenvalue weighted by atomic mass is 9.74. The fourth-order valence-corrected chi connectivity index (χ4v) is 2.97. The van der Waals surface area contributed by atoms with Crippen LogP contribution in [0.2, 0.25) is 0 Å². The number of hydrogen-bond donors (Lipinski definition) is 3. The molecular weight excluding hydrogens is 312 g/mol. The molecule has 0 radical (unpaired) electrons. The topological polar surface area (TPSA) is 119 Å². The van der Waals surface area contributed by atoms with Gasteiger partial charge in [0.05, 0.1) is 11.0 Å². The van der Waals surface area contributed by atoms with Crippen LogP contribution in [-0.2, 0) is 9.59 Å². The highest BCUT2D eigenvalue weighted by Crippen LogP contribution is 2.36. The number of rotatable bonds is 7. The van der Waals surface area contributed by atoms with Gasteiger partial charge in [-0.05, 0) is 25.0 Å². The summed E-state index contributed by atoms with van der Waals surface area (Å²) in [6.07, 6.45) is 3.83. The summed E-state index contributed by atoms with van der Waals surface area (Å²) in [5.41, 5.74) is 4.38. The molecule has 4 N–H and O–H groups in total. The molecule has 2 amide bonds. The van der Waals surface area contributed by atoms with Gasteiger partial charge in [-0.1, -0.05) is 31.4 Å². The van der Waals surface area contributed by atoms with Crippen LogP contribution in [-0.4, -0.2) is 36.0 Å². The Morgan fingerprint density at radius 2 is 1.83 bits per heavy atom. The molecule has 2 rings (SSSR count). The van der Waals surface area contributed by atoms with Crippen LogP contribution >= 0.6 is 0 Å². The van der Waals surface area contributed by atoms with E-state index in [4.69, 9.17) is 10.5 Å². The van der Waals surface area contributed by atoms with E-state index in [1.165, 1.54) is 0 Å². The Labute approximate surface area is 140 Å². The molecule has 1 aliphatic carbocycles. The Morgan fingerprint density at radius 3 is 2.46 bits per heavy atom. The van der Waals surface area contributed by atoms with Crippen molar-refractivity contribution in [1.29, 1.82) is 0 Å². The predicted molar refractivity (Wildman–Crippen MR) is 86.6 cm³/mol. The van der Waals surface area contributed by atoms with Gasteiger partial charge in [0.1, 0.15) is 5.75 Å². The number of carbonyl (C=O) groups is 3. The first-order valence-electron chi connectivity index (χ1n) is 7.96. The molecule has 1 saturated carbocycles. The van der Waals surface area contributed by atoms with Gasteiger partial charge >= 0.3 is 5.97 Å². The Kier molecular flexibility index (Phi) is 5.78. The Hall–Kier alpha value is -2.57. The van der Waals surface area contributed by atoms with Crippen LogP contribution in [0.15, 0.2) is 24.3 Å². The summed E-state index contributed by atoms with van der Waals surface area (Å²) in [7, 11) is 0. The van der Waals surface area contributed by atoms with Crippen LogP contribution in [0.5, 0.6) is 5.75 Å². The molecule has 0 unspecified atom stereocenters. The summed E-state index contributed by atoms with van der Waals surface area (Å²) in [6.45, 7) is -0.255. The van der Waals surface area contributed by atoms with Gasteiger partial charge in [-0.25, -0.2) is 0 Å². The third-order valence-corrected chi connectivity index (χ3v) is 4.35. The van der Waals surface area contributed by atoms with E-state index in [1.807, 2.05) is 0 Å². The molecule has 0 saturated heterocycles. The largest absolute Gasteiger partial charge is 0.483 e. The van der Waals surface area contributed by atoms with E-state index in [1.54, 1.807) is 24.3 Å². The highest BCUT2D eigenvalue weighted by atomic mass is 16.5. The minimum Gasteiger partial charge on any atom is -0.483 e. The zero-order valence-electron chi connectivity index (χ0n) is 13.4. The molecule has 1 aliphatic rings. The summed E-state index contributed by atoms with van der Waals surface area (Å²) >= 11 is 0. The number of hydrogen-bond acceptors (Lipinski definition) is 4. The van der Waals surface area contributed by atoms with E-state index in [0.717, 1.165) is 19.3 Å². The lowest BCUT2D eigenvalue weighted by molar-refractivity contribution is -0.150. The zero-order valence-corrected chi connectivity index (χ0v) is 13.4. The zero-order chi connectivity index (χ0) is 17.6. The average Bonchev–Trinajstić information content (AvgIpc) is 2.58. The molecule has 1 aromatic carbocycles. The van der Waals surface area contributed by atoms with Gasteiger partial charge < -0.3 is 20.9 Å². The molecule has 0 aliphatic heterocycles. The maximum atomic E-state index is 12.4. The Balaban J connectivity index is 2.06.